The third-order valence-electron chi connectivity index (χ3n) is 4.68. The number of rotatable bonds is 5. The number of amides is 1. The van der Waals surface area contributed by atoms with Gasteiger partial charge in [0.05, 0.1) is 6.54 Å². The van der Waals surface area contributed by atoms with E-state index in [1.807, 2.05) is 12.1 Å². The molecule has 7 nitrogen and oxygen atoms in total. The van der Waals surface area contributed by atoms with Gasteiger partial charge in [-0.2, -0.15) is 4.98 Å². The van der Waals surface area contributed by atoms with Crippen molar-refractivity contribution in [2.45, 2.75) is 32.4 Å². The fraction of sp³-hybridized carbons (Fsp3) is 0.500. The Morgan fingerprint density at radius 3 is 2.76 bits per heavy atom. The highest BCUT2D eigenvalue weighted by molar-refractivity contribution is 5.69. The van der Waals surface area contributed by atoms with Gasteiger partial charge in [-0.1, -0.05) is 29.8 Å². The second kappa shape index (κ2) is 7.23. The summed E-state index contributed by atoms with van der Waals surface area (Å²) in [6.07, 6.45) is 3.58. The molecule has 2 aliphatic rings. The summed E-state index contributed by atoms with van der Waals surface area (Å²) in [5, 5.41) is 4.06. The summed E-state index contributed by atoms with van der Waals surface area (Å²) in [4.78, 5) is 20.0. The molecule has 0 radical (unpaired) electrons. The first-order chi connectivity index (χ1) is 12.3. The van der Waals surface area contributed by atoms with Crippen LogP contribution in [0.4, 0.5) is 4.79 Å². The van der Waals surface area contributed by atoms with Gasteiger partial charge in [0.15, 0.2) is 0 Å². The van der Waals surface area contributed by atoms with E-state index >= 15 is 0 Å². The molecule has 0 atom stereocenters. The van der Waals surface area contributed by atoms with E-state index in [2.05, 4.69) is 27.2 Å². The summed E-state index contributed by atoms with van der Waals surface area (Å²) in [5.41, 5.74) is 2.20. The fourth-order valence-corrected chi connectivity index (χ4v) is 3.35. The molecule has 0 unspecified atom stereocenters. The molecule has 2 saturated heterocycles. The quantitative estimate of drug-likeness (QED) is 0.832. The third kappa shape index (κ3) is 3.82. The van der Waals surface area contributed by atoms with Gasteiger partial charge in [-0.3, -0.25) is 9.80 Å². The van der Waals surface area contributed by atoms with E-state index in [0.717, 1.165) is 12.1 Å². The van der Waals surface area contributed by atoms with Crippen molar-refractivity contribution in [1.82, 2.24) is 19.9 Å². The second-order valence-corrected chi connectivity index (χ2v) is 6.58. The van der Waals surface area contributed by atoms with Gasteiger partial charge in [-0.15, -0.1) is 0 Å². The summed E-state index contributed by atoms with van der Waals surface area (Å²) in [5.74, 6) is 0.985. The Kier molecular flexibility index (Phi) is 4.65. The van der Waals surface area contributed by atoms with E-state index in [1.165, 1.54) is 37.9 Å². The average Bonchev–Trinajstić information content (AvgIpc) is 3.26. The first kappa shape index (κ1) is 16.1. The molecule has 2 aliphatic heterocycles. The molecular weight excluding hydrogens is 320 g/mol. The van der Waals surface area contributed by atoms with Gasteiger partial charge in [-0.25, -0.2) is 4.79 Å². The summed E-state index contributed by atoms with van der Waals surface area (Å²) < 4.78 is 10.2. The minimum Gasteiger partial charge on any atom is -0.448 e. The normalized spacial score (nSPS) is 18.6. The molecule has 2 aromatic rings. The Hall–Kier alpha value is -2.41. The van der Waals surface area contributed by atoms with Gasteiger partial charge in [0.2, 0.25) is 11.7 Å². The first-order valence-corrected chi connectivity index (χ1v) is 8.84. The highest BCUT2D eigenvalue weighted by atomic mass is 16.6. The molecule has 25 heavy (non-hydrogen) atoms. The van der Waals surface area contributed by atoms with Crippen LogP contribution in [0.15, 0.2) is 28.8 Å². The smallest absolute Gasteiger partial charge is 0.410 e. The molecule has 0 N–H and O–H groups in total. The number of benzene rings is 1. The van der Waals surface area contributed by atoms with Gasteiger partial charge >= 0.3 is 6.09 Å². The maximum absolute atomic E-state index is 11.5. The maximum atomic E-state index is 11.5. The third-order valence-corrected chi connectivity index (χ3v) is 4.68. The van der Waals surface area contributed by atoms with Crippen molar-refractivity contribution in [2.75, 3.05) is 26.2 Å². The largest absolute Gasteiger partial charge is 0.448 e. The Morgan fingerprint density at radius 2 is 1.96 bits per heavy atom. The lowest BCUT2D eigenvalue weighted by Crippen LogP contribution is -2.29. The topological polar surface area (TPSA) is 71.7 Å². The molecule has 7 heteroatoms. The number of hydrogen-bond donors (Lipinski definition) is 0. The zero-order valence-electron chi connectivity index (χ0n) is 14.2. The monoisotopic (exact) mass is 342 g/mol. The van der Waals surface area contributed by atoms with Crippen LogP contribution in [-0.2, 0) is 17.8 Å². The van der Waals surface area contributed by atoms with Crippen molar-refractivity contribution in [3.63, 3.8) is 0 Å². The summed E-state index contributed by atoms with van der Waals surface area (Å²) in [6, 6.07) is 8.27. The number of ether oxygens (including phenoxy) is 1. The number of cyclic esters (lactones) is 1. The second-order valence-electron chi connectivity index (χ2n) is 6.58. The lowest BCUT2D eigenvalue weighted by atomic mass is 10.1. The molecule has 3 heterocycles. The number of likely N-dealkylation sites (tertiary alicyclic amines) is 1. The minimum absolute atomic E-state index is 0.291. The number of aromatic nitrogens is 2. The summed E-state index contributed by atoms with van der Waals surface area (Å²) in [6.45, 7) is 4.56. The highest BCUT2D eigenvalue weighted by Gasteiger charge is 2.24. The van der Waals surface area contributed by atoms with E-state index in [-0.39, 0.29) is 6.09 Å². The van der Waals surface area contributed by atoms with E-state index in [1.54, 1.807) is 4.90 Å². The van der Waals surface area contributed by atoms with E-state index in [9.17, 15) is 4.79 Å². The van der Waals surface area contributed by atoms with Crippen LogP contribution in [0.1, 0.15) is 30.7 Å². The van der Waals surface area contributed by atoms with Crippen LogP contribution in [0.2, 0.25) is 0 Å². The molecule has 1 aromatic carbocycles. The number of carbonyl (C=O) groups excluding carboxylic acids is 1. The Labute approximate surface area is 146 Å². The van der Waals surface area contributed by atoms with Crippen molar-refractivity contribution in [3.8, 4) is 11.4 Å². The van der Waals surface area contributed by atoms with Gasteiger partial charge in [-0.05, 0) is 37.6 Å². The predicted molar refractivity (Wildman–Crippen MR) is 90.6 cm³/mol. The van der Waals surface area contributed by atoms with Gasteiger partial charge < -0.3 is 9.26 Å². The Morgan fingerprint density at radius 1 is 1.08 bits per heavy atom. The molecule has 1 aromatic heterocycles. The van der Waals surface area contributed by atoms with Crippen LogP contribution in [0, 0.1) is 0 Å². The lowest BCUT2D eigenvalue weighted by molar-refractivity contribution is 0.154. The number of carbonyl (C=O) groups is 1. The van der Waals surface area contributed by atoms with Crippen LogP contribution < -0.4 is 0 Å². The zero-order valence-corrected chi connectivity index (χ0v) is 14.2. The molecule has 0 aliphatic carbocycles. The van der Waals surface area contributed by atoms with Crippen molar-refractivity contribution in [3.05, 3.63) is 35.7 Å². The lowest BCUT2D eigenvalue weighted by Gasteiger charge is -2.26. The minimum atomic E-state index is -0.330. The van der Waals surface area contributed by atoms with Crippen LogP contribution in [-0.4, -0.2) is 52.3 Å². The molecular formula is C18H22N4O3. The van der Waals surface area contributed by atoms with Crippen molar-refractivity contribution < 1.29 is 14.1 Å². The van der Waals surface area contributed by atoms with Crippen LogP contribution in [0.5, 0.6) is 0 Å². The van der Waals surface area contributed by atoms with Crippen LogP contribution >= 0.6 is 0 Å². The van der Waals surface area contributed by atoms with Crippen LogP contribution in [0.3, 0.4) is 0 Å². The number of hydrogen-bond acceptors (Lipinski definition) is 6. The molecule has 2 fully saturated rings. The predicted octanol–water partition coefficient (Wildman–Crippen LogP) is 2.67. The van der Waals surface area contributed by atoms with Gasteiger partial charge in [0.25, 0.3) is 0 Å². The van der Waals surface area contributed by atoms with Crippen LogP contribution in [0.25, 0.3) is 11.4 Å². The van der Waals surface area contributed by atoms with Crippen molar-refractivity contribution in [2.24, 2.45) is 0 Å². The van der Waals surface area contributed by atoms with E-state index in [0.29, 0.717) is 31.4 Å². The van der Waals surface area contributed by atoms with Gasteiger partial charge in [0.1, 0.15) is 13.2 Å². The molecule has 4 rings (SSSR count). The SMILES string of the molecule is O=C1OCCN1Cc1nc(-c2cccc(CN3CCCCC3)c2)no1. The summed E-state index contributed by atoms with van der Waals surface area (Å²) >= 11 is 0. The number of piperidine rings is 1. The number of nitrogens with zero attached hydrogens (tertiary/aromatic N) is 4. The van der Waals surface area contributed by atoms with Crippen molar-refractivity contribution in [1.29, 1.82) is 0 Å². The van der Waals surface area contributed by atoms with Crippen molar-refractivity contribution >= 4 is 6.09 Å². The molecule has 0 spiro atoms. The zero-order chi connectivity index (χ0) is 17.1. The molecule has 0 saturated carbocycles. The average molecular weight is 342 g/mol. The maximum Gasteiger partial charge on any atom is 0.410 e. The molecule has 132 valence electrons. The standard InChI is InChI=1S/C18H22N4O3/c23-18-22(9-10-24-18)13-16-19-17(20-25-16)15-6-4-5-14(11-15)12-21-7-2-1-3-8-21/h4-6,11H,1-3,7-10,12-13H2. The fourth-order valence-electron chi connectivity index (χ4n) is 3.35. The van der Waals surface area contributed by atoms with E-state index in [4.69, 9.17) is 9.26 Å². The van der Waals surface area contributed by atoms with E-state index < -0.39 is 0 Å². The molecule has 0 bridgehead atoms. The Bertz CT molecular complexity index is 739. The highest BCUT2D eigenvalue weighted by Crippen LogP contribution is 2.20. The summed E-state index contributed by atoms with van der Waals surface area (Å²) in [7, 11) is 0. The Balaban J connectivity index is 1.44. The first-order valence-electron chi connectivity index (χ1n) is 8.84. The van der Waals surface area contributed by atoms with Gasteiger partial charge in [0, 0.05) is 12.1 Å². The molecule has 1 amide bonds.